The minimum absolute atomic E-state index is 0.0289. The molecule has 0 aliphatic heterocycles. The fourth-order valence-corrected chi connectivity index (χ4v) is 5.02. The number of nitrogens with zero attached hydrogens (tertiary/aromatic N) is 2. The molecule has 3 aromatic rings. The number of carbonyl (C=O) groups is 1. The molecule has 0 saturated heterocycles. The standard InChI is InChI=1S/C22H26N4OS2/c1-14-12-15(2)19(16(3)13-14)24-20(27)17(4)28-22-26-25-21(29-22)23-11-10-18-8-6-5-7-9-18/h5-9,12-13,17H,10-11H2,1-4H3,(H,23,25)(H,24,27). The van der Waals surface area contributed by atoms with Crippen LogP contribution in [0.15, 0.2) is 46.8 Å². The number of rotatable bonds is 8. The molecule has 2 aromatic carbocycles. The molecular weight excluding hydrogens is 400 g/mol. The van der Waals surface area contributed by atoms with Gasteiger partial charge in [0.05, 0.1) is 5.25 Å². The lowest BCUT2D eigenvalue weighted by molar-refractivity contribution is -0.115. The van der Waals surface area contributed by atoms with E-state index in [1.807, 2.05) is 39.0 Å². The third-order valence-corrected chi connectivity index (χ3v) is 6.58. The van der Waals surface area contributed by atoms with Crippen LogP contribution < -0.4 is 10.6 Å². The molecule has 0 fully saturated rings. The van der Waals surface area contributed by atoms with Crippen molar-refractivity contribution in [2.24, 2.45) is 0 Å². The fraction of sp³-hybridized carbons (Fsp3) is 0.318. The van der Waals surface area contributed by atoms with Gasteiger partial charge in [-0.1, -0.05) is 71.1 Å². The summed E-state index contributed by atoms with van der Waals surface area (Å²) in [6, 6.07) is 14.5. The lowest BCUT2D eigenvalue weighted by atomic mass is 10.1. The molecular formula is C22H26N4OS2. The first kappa shape index (κ1) is 21.3. The molecule has 7 heteroatoms. The van der Waals surface area contributed by atoms with Crippen molar-refractivity contribution in [3.8, 4) is 0 Å². The van der Waals surface area contributed by atoms with Gasteiger partial charge in [-0.15, -0.1) is 10.2 Å². The summed E-state index contributed by atoms with van der Waals surface area (Å²) < 4.78 is 0.784. The van der Waals surface area contributed by atoms with E-state index in [0.29, 0.717) is 0 Å². The van der Waals surface area contributed by atoms with Crippen molar-refractivity contribution in [3.05, 3.63) is 64.7 Å². The number of nitrogens with one attached hydrogen (secondary N) is 2. The summed E-state index contributed by atoms with van der Waals surface area (Å²) in [6.45, 7) is 8.79. The number of amides is 1. The molecule has 152 valence electrons. The first-order valence-corrected chi connectivity index (χ1v) is 11.3. The van der Waals surface area contributed by atoms with Crippen molar-refractivity contribution >= 4 is 39.8 Å². The Balaban J connectivity index is 1.51. The van der Waals surface area contributed by atoms with E-state index in [4.69, 9.17) is 0 Å². The number of hydrogen-bond donors (Lipinski definition) is 2. The predicted octanol–water partition coefficient (Wildman–Crippen LogP) is 5.24. The lowest BCUT2D eigenvalue weighted by Gasteiger charge is -2.15. The number of anilines is 2. The number of hydrogen-bond acceptors (Lipinski definition) is 6. The molecule has 1 aromatic heterocycles. The summed E-state index contributed by atoms with van der Waals surface area (Å²) in [4.78, 5) is 12.7. The third-order valence-electron chi connectivity index (χ3n) is 4.51. The molecule has 0 spiro atoms. The molecule has 1 atom stereocenters. The van der Waals surface area contributed by atoms with Gasteiger partial charge in [0.1, 0.15) is 0 Å². The summed E-state index contributed by atoms with van der Waals surface area (Å²) in [5, 5.41) is 15.3. The van der Waals surface area contributed by atoms with Crippen LogP contribution in [0.4, 0.5) is 10.8 Å². The van der Waals surface area contributed by atoms with Crippen molar-refractivity contribution in [1.82, 2.24) is 10.2 Å². The van der Waals surface area contributed by atoms with Crippen LogP contribution in [0.3, 0.4) is 0 Å². The first-order chi connectivity index (χ1) is 13.9. The van der Waals surface area contributed by atoms with Gasteiger partial charge < -0.3 is 10.6 Å². The van der Waals surface area contributed by atoms with Gasteiger partial charge in [-0.25, -0.2) is 0 Å². The molecule has 0 saturated carbocycles. The van der Waals surface area contributed by atoms with Crippen molar-refractivity contribution in [3.63, 3.8) is 0 Å². The van der Waals surface area contributed by atoms with Crippen LogP contribution in [0.5, 0.6) is 0 Å². The quantitative estimate of drug-likeness (QED) is 0.482. The van der Waals surface area contributed by atoms with Crippen LogP contribution in [0.25, 0.3) is 0 Å². The monoisotopic (exact) mass is 426 g/mol. The minimum Gasteiger partial charge on any atom is -0.360 e. The second-order valence-electron chi connectivity index (χ2n) is 7.06. The average molecular weight is 427 g/mol. The molecule has 5 nitrogen and oxygen atoms in total. The maximum atomic E-state index is 12.7. The van der Waals surface area contributed by atoms with E-state index in [9.17, 15) is 4.79 Å². The molecule has 0 aliphatic carbocycles. The van der Waals surface area contributed by atoms with Gasteiger partial charge in [-0.3, -0.25) is 4.79 Å². The van der Waals surface area contributed by atoms with Crippen molar-refractivity contribution in [2.75, 3.05) is 17.2 Å². The molecule has 1 unspecified atom stereocenters. The van der Waals surface area contributed by atoms with E-state index in [1.165, 1.54) is 34.2 Å². The van der Waals surface area contributed by atoms with Gasteiger partial charge in [0, 0.05) is 12.2 Å². The van der Waals surface area contributed by atoms with Crippen LogP contribution in [-0.2, 0) is 11.2 Å². The Kier molecular flexibility index (Phi) is 7.28. The number of aromatic nitrogens is 2. The van der Waals surface area contributed by atoms with Crippen molar-refractivity contribution in [2.45, 2.75) is 43.7 Å². The summed E-state index contributed by atoms with van der Waals surface area (Å²) in [6.07, 6.45) is 0.928. The molecule has 0 aliphatic rings. The molecule has 0 radical (unpaired) electrons. The van der Waals surface area contributed by atoms with Crippen LogP contribution >= 0.6 is 23.1 Å². The van der Waals surface area contributed by atoms with Gasteiger partial charge in [0.2, 0.25) is 11.0 Å². The average Bonchev–Trinajstić information content (AvgIpc) is 3.12. The summed E-state index contributed by atoms with van der Waals surface area (Å²) >= 11 is 2.91. The second-order valence-corrected chi connectivity index (χ2v) is 9.62. The first-order valence-electron chi connectivity index (χ1n) is 9.59. The van der Waals surface area contributed by atoms with E-state index in [-0.39, 0.29) is 11.2 Å². The van der Waals surface area contributed by atoms with Crippen molar-refractivity contribution < 1.29 is 4.79 Å². The largest absolute Gasteiger partial charge is 0.360 e. The molecule has 2 N–H and O–H groups in total. The van der Waals surface area contributed by atoms with E-state index in [2.05, 4.69) is 52.0 Å². The normalized spacial score (nSPS) is 11.9. The summed E-state index contributed by atoms with van der Waals surface area (Å²) in [5.41, 5.74) is 5.53. The molecule has 0 bridgehead atoms. The van der Waals surface area contributed by atoms with E-state index < -0.39 is 0 Å². The van der Waals surface area contributed by atoms with E-state index in [0.717, 1.165) is 39.3 Å². The fourth-order valence-electron chi connectivity index (χ4n) is 3.09. The Labute approximate surface area is 180 Å². The zero-order valence-corrected chi connectivity index (χ0v) is 18.8. The summed E-state index contributed by atoms with van der Waals surface area (Å²) in [5.74, 6) is -0.0289. The van der Waals surface area contributed by atoms with Crippen LogP contribution in [0, 0.1) is 20.8 Å². The maximum Gasteiger partial charge on any atom is 0.237 e. The minimum atomic E-state index is -0.264. The predicted molar refractivity (Wildman–Crippen MR) is 123 cm³/mol. The topological polar surface area (TPSA) is 66.9 Å². The van der Waals surface area contributed by atoms with Gasteiger partial charge in [-0.2, -0.15) is 0 Å². The van der Waals surface area contributed by atoms with Gasteiger partial charge in [0.15, 0.2) is 4.34 Å². The molecule has 1 amide bonds. The second kappa shape index (κ2) is 9.89. The van der Waals surface area contributed by atoms with E-state index in [1.54, 1.807) is 0 Å². The smallest absolute Gasteiger partial charge is 0.237 e. The SMILES string of the molecule is Cc1cc(C)c(NC(=O)C(C)Sc2nnc(NCCc3ccccc3)s2)c(C)c1. The molecule has 1 heterocycles. The third kappa shape index (κ3) is 6.05. The Hall–Kier alpha value is -2.38. The van der Waals surface area contributed by atoms with Crippen LogP contribution in [-0.4, -0.2) is 27.9 Å². The van der Waals surface area contributed by atoms with Gasteiger partial charge >= 0.3 is 0 Å². The lowest BCUT2D eigenvalue weighted by Crippen LogP contribution is -2.23. The highest BCUT2D eigenvalue weighted by molar-refractivity contribution is 8.02. The molecule has 29 heavy (non-hydrogen) atoms. The van der Waals surface area contributed by atoms with Crippen molar-refractivity contribution in [1.29, 1.82) is 0 Å². The Morgan fingerprint density at radius 2 is 1.79 bits per heavy atom. The Morgan fingerprint density at radius 1 is 1.10 bits per heavy atom. The van der Waals surface area contributed by atoms with Gasteiger partial charge in [-0.05, 0) is 50.8 Å². The maximum absolute atomic E-state index is 12.7. The Morgan fingerprint density at radius 3 is 2.48 bits per heavy atom. The number of benzene rings is 2. The highest BCUT2D eigenvalue weighted by Crippen LogP contribution is 2.30. The highest BCUT2D eigenvalue weighted by atomic mass is 32.2. The highest BCUT2D eigenvalue weighted by Gasteiger charge is 2.19. The van der Waals surface area contributed by atoms with Crippen LogP contribution in [0.2, 0.25) is 0 Å². The number of carbonyl (C=O) groups excluding carboxylic acids is 1. The number of aryl methyl sites for hydroxylation is 3. The molecule has 3 rings (SSSR count). The van der Waals surface area contributed by atoms with Gasteiger partial charge in [0.25, 0.3) is 0 Å². The van der Waals surface area contributed by atoms with E-state index >= 15 is 0 Å². The summed E-state index contributed by atoms with van der Waals surface area (Å²) in [7, 11) is 0. The van der Waals surface area contributed by atoms with Crippen LogP contribution in [0.1, 0.15) is 29.2 Å². The zero-order valence-electron chi connectivity index (χ0n) is 17.2. The Bertz CT molecular complexity index is 949. The zero-order chi connectivity index (χ0) is 20.8. The number of thioether (sulfide) groups is 1.